The Morgan fingerprint density at radius 3 is 3.00 bits per heavy atom. The van der Waals surface area contributed by atoms with Crippen LogP contribution in [-0.4, -0.2) is 18.2 Å². The molecule has 100 valence electrons. The molecule has 0 amide bonds. The van der Waals surface area contributed by atoms with Crippen LogP contribution < -0.4 is 5.32 Å². The van der Waals surface area contributed by atoms with E-state index in [0.717, 1.165) is 19.6 Å². The number of nitrogens with one attached hydrogen (secondary N) is 1. The topological polar surface area (TPSA) is 21.3 Å². The van der Waals surface area contributed by atoms with E-state index in [0.29, 0.717) is 6.04 Å². The van der Waals surface area contributed by atoms with Crippen molar-refractivity contribution in [3.63, 3.8) is 0 Å². The van der Waals surface area contributed by atoms with E-state index in [4.69, 9.17) is 4.74 Å². The maximum atomic E-state index is 6.07. The summed E-state index contributed by atoms with van der Waals surface area (Å²) in [4.78, 5) is 1.41. The molecule has 2 nitrogen and oxygen atoms in total. The van der Waals surface area contributed by atoms with E-state index >= 15 is 0 Å². The van der Waals surface area contributed by atoms with Crippen LogP contribution in [0.25, 0.3) is 0 Å². The Bertz CT molecular complexity index is 400. The predicted molar refractivity (Wildman–Crippen MR) is 79.0 cm³/mol. The average Bonchev–Trinajstić information content (AvgIpc) is 2.97. The van der Waals surface area contributed by atoms with Gasteiger partial charge in [-0.25, -0.2) is 0 Å². The second-order valence-electron chi connectivity index (χ2n) is 5.54. The van der Waals surface area contributed by atoms with Gasteiger partial charge in [-0.1, -0.05) is 12.8 Å². The Balaban J connectivity index is 1.53. The molecule has 4 heteroatoms. The van der Waals surface area contributed by atoms with Crippen LogP contribution >= 0.6 is 27.3 Å². The molecule has 0 bridgehead atoms. The molecule has 2 heterocycles. The van der Waals surface area contributed by atoms with Crippen molar-refractivity contribution in [3.8, 4) is 0 Å². The lowest BCUT2D eigenvalue weighted by atomic mass is 9.89. The Morgan fingerprint density at radius 2 is 2.28 bits per heavy atom. The zero-order valence-electron chi connectivity index (χ0n) is 10.6. The number of rotatable bonds is 3. The fourth-order valence-electron chi connectivity index (χ4n) is 3.26. The molecule has 3 rings (SSSR count). The number of thiophene rings is 1. The maximum absolute atomic E-state index is 6.07. The molecule has 0 aromatic carbocycles. The molecule has 1 saturated carbocycles. The van der Waals surface area contributed by atoms with Gasteiger partial charge in [-0.2, -0.15) is 0 Å². The number of hydrogen-bond donors (Lipinski definition) is 1. The first-order valence-electron chi connectivity index (χ1n) is 6.86. The molecule has 2 fully saturated rings. The van der Waals surface area contributed by atoms with Gasteiger partial charge in [0.15, 0.2) is 0 Å². The third-order valence-corrected chi connectivity index (χ3v) is 5.89. The summed E-state index contributed by atoms with van der Waals surface area (Å²) < 4.78 is 7.27. The van der Waals surface area contributed by atoms with Crippen molar-refractivity contribution in [2.24, 2.45) is 0 Å². The van der Waals surface area contributed by atoms with E-state index in [2.05, 4.69) is 32.7 Å². The lowest BCUT2D eigenvalue weighted by Crippen LogP contribution is -2.45. The molecular weight excluding hydrogens is 310 g/mol. The molecule has 1 spiro atoms. The molecular formula is C14H20BrNOS. The second kappa shape index (κ2) is 5.61. The fourth-order valence-corrected chi connectivity index (χ4v) is 4.66. The summed E-state index contributed by atoms with van der Waals surface area (Å²) in [5.74, 6) is 0. The average molecular weight is 330 g/mol. The number of halogens is 1. The van der Waals surface area contributed by atoms with Crippen LogP contribution in [0.2, 0.25) is 0 Å². The summed E-state index contributed by atoms with van der Waals surface area (Å²) in [5.41, 5.74) is 0.228. The van der Waals surface area contributed by atoms with Crippen LogP contribution in [-0.2, 0) is 11.3 Å². The highest BCUT2D eigenvalue weighted by Crippen LogP contribution is 2.40. The first-order valence-corrected chi connectivity index (χ1v) is 8.53. The fraction of sp³-hybridized carbons (Fsp3) is 0.714. The highest BCUT2D eigenvalue weighted by Gasteiger charge is 2.39. The molecule has 1 atom stereocenters. The van der Waals surface area contributed by atoms with E-state index in [1.54, 1.807) is 0 Å². The van der Waals surface area contributed by atoms with Gasteiger partial charge >= 0.3 is 0 Å². The zero-order chi connectivity index (χ0) is 12.4. The normalized spacial score (nSPS) is 26.8. The Morgan fingerprint density at radius 1 is 1.44 bits per heavy atom. The second-order valence-corrected chi connectivity index (χ2v) is 7.45. The summed E-state index contributed by atoms with van der Waals surface area (Å²) >= 11 is 5.33. The molecule has 1 aromatic heterocycles. The van der Waals surface area contributed by atoms with Gasteiger partial charge in [0, 0.05) is 33.9 Å². The molecule has 2 aliphatic rings. The van der Waals surface area contributed by atoms with Crippen molar-refractivity contribution in [3.05, 3.63) is 20.8 Å². The summed E-state index contributed by atoms with van der Waals surface area (Å²) in [6.45, 7) is 1.93. The van der Waals surface area contributed by atoms with E-state index in [-0.39, 0.29) is 5.60 Å². The molecule has 1 unspecified atom stereocenters. The minimum atomic E-state index is 0.228. The molecule has 1 N–H and O–H groups in total. The molecule has 18 heavy (non-hydrogen) atoms. The Labute approximate surface area is 121 Å². The van der Waals surface area contributed by atoms with Gasteiger partial charge in [0.05, 0.1) is 5.60 Å². The molecule has 0 radical (unpaired) electrons. The van der Waals surface area contributed by atoms with Crippen molar-refractivity contribution in [2.45, 2.75) is 56.7 Å². The lowest BCUT2D eigenvalue weighted by molar-refractivity contribution is -0.0837. The third-order valence-electron chi connectivity index (χ3n) is 4.19. The van der Waals surface area contributed by atoms with Crippen molar-refractivity contribution in [2.75, 3.05) is 6.61 Å². The first-order chi connectivity index (χ1) is 8.76. The lowest BCUT2D eigenvalue weighted by Gasteiger charge is -2.38. The molecule has 1 aliphatic heterocycles. The van der Waals surface area contributed by atoms with Gasteiger partial charge in [0.1, 0.15) is 0 Å². The van der Waals surface area contributed by atoms with E-state index in [9.17, 15) is 0 Å². The predicted octanol–water partition coefficient (Wildman–Crippen LogP) is 4.09. The van der Waals surface area contributed by atoms with Crippen molar-refractivity contribution < 1.29 is 4.74 Å². The summed E-state index contributed by atoms with van der Waals surface area (Å²) in [7, 11) is 0. The summed E-state index contributed by atoms with van der Waals surface area (Å²) in [5, 5.41) is 5.86. The molecule has 1 aliphatic carbocycles. The van der Waals surface area contributed by atoms with E-state index < -0.39 is 0 Å². The van der Waals surface area contributed by atoms with Gasteiger partial charge in [0.2, 0.25) is 0 Å². The quantitative estimate of drug-likeness (QED) is 0.901. The van der Waals surface area contributed by atoms with E-state index in [1.807, 2.05) is 11.3 Å². The van der Waals surface area contributed by atoms with Crippen molar-refractivity contribution in [1.29, 1.82) is 0 Å². The maximum Gasteiger partial charge on any atom is 0.0697 e. The van der Waals surface area contributed by atoms with Gasteiger partial charge in [-0.15, -0.1) is 11.3 Å². The van der Waals surface area contributed by atoms with Crippen LogP contribution in [0.4, 0.5) is 0 Å². The molecule has 1 saturated heterocycles. The van der Waals surface area contributed by atoms with Crippen LogP contribution in [0.3, 0.4) is 0 Å². The smallest absolute Gasteiger partial charge is 0.0697 e. The highest BCUT2D eigenvalue weighted by atomic mass is 79.9. The van der Waals surface area contributed by atoms with Gasteiger partial charge in [0.25, 0.3) is 0 Å². The minimum Gasteiger partial charge on any atom is -0.375 e. The standard InChI is InChI=1S/C14H20BrNOS/c15-11-7-13(18-10-11)9-16-12-3-6-17-14(8-12)4-1-2-5-14/h7,10,12,16H,1-6,8-9H2. The summed E-state index contributed by atoms with van der Waals surface area (Å²) in [6.07, 6.45) is 7.62. The van der Waals surface area contributed by atoms with Crippen LogP contribution in [0.5, 0.6) is 0 Å². The third kappa shape index (κ3) is 2.98. The monoisotopic (exact) mass is 329 g/mol. The van der Waals surface area contributed by atoms with Gasteiger partial charge in [-0.3, -0.25) is 0 Å². The molecule has 1 aromatic rings. The Kier molecular flexibility index (Phi) is 4.09. The van der Waals surface area contributed by atoms with Gasteiger partial charge < -0.3 is 10.1 Å². The first kappa shape index (κ1) is 13.1. The highest BCUT2D eigenvalue weighted by molar-refractivity contribution is 9.10. The van der Waals surface area contributed by atoms with Crippen molar-refractivity contribution in [1.82, 2.24) is 5.32 Å². The zero-order valence-corrected chi connectivity index (χ0v) is 13.0. The Hall–Kier alpha value is 0.1000. The number of hydrogen-bond acceptors (Lipinski definition) is 3. The van der Waals surface area contributed by atoms with Crippen LogP contribution in [0.1, 0.15) is 43.4 Å². The number of ether oxygens (including phenoxy) is 1. The SMILES string of the molecule is Brc1csc(CNC2CCOC3(CCCC3)C2)c1. The minimum absolute atomic E-state index is 0.228. The largest absolute Gasteiger partial charge is 0.375 e. The van der Waals surface area contributed by atoms with E-state index in [1.165, 1.54) is 41.5 Å². The van der Waals surface area contributed by atoms with Crippen LogP contribution in [0.15, 0.2) is 15.9 Å². The van der Waals surface area contributed by atoms with Crippen molar-refractivity contribution >= 4 is 27.3 Å². The van der Waals surface area contributed by atoms with Gasteiger partial charge in [-0.05, 0) is 47.7 Å². The summed E-state index contributed by atoms with van der Waals surface area (Å²) in [6, 6.07) is 2.85. The van der Waals surface area contributed by atoms with Crippen LogP contribution in [0, 0.1) is 0 Å².